The SMILES string of the molecule is C[C@H](CCc1ccc(O)cc1)NC(=O)Nc1nncs1. The summed E-state index contributed by atoms with van der Waals surface area (Å²) in [6.07, 6.45) is 1.65. The first-order valence-corrected chi connectivity index (χ1v) is 7.13. The molecule has 0 aliphatic heterocycles. The lowest BCUT2D eigenvalue weighted by molar-refractivity contribution is 0.248. The van der Waals surface area contributed by atoms with Crippen molar-refractivity contribution < 1.29 is 9.90 Å². The van der Waals surface area contributed by atoms with Gasteiger partial charge < -0.3 is 10.4 Å². The number of phenols is 1. The average Bonchev–Trinajstić information content (AvgIpc) is 2.90. The number of amides is 2. The van der Waals surface area contributed by atoms with Crippen LogP contribution in [0.3, 0.4) is 0 Å². The smallest absolute Gasteiger partial charge is 0.321 e. The van der Waals surface area contributed by atoms with Crippen molar-refractivity contribution in [2.75, 3.05) is 5.32 Å². The minimum Gasteiger partial charge on any atom is -0.508 e. The number of carbonyl (C=O) groups excluding carboxylic acids is 1. The van der Waals surface area contributed by atoms with E-state index in [1.54, 1.807) is 17.6 Å². The molecule has 7 heteroatoms. The Balaban J connectivity index is 1.73. The van der Waals surface area contributed by atoms with Crippen molar-refractivity contribution in [1.82, 2.24) is 15.5 Å². The van der Waals surface area contributed by atoms with E-state index in [-0.39, 0.29) is 17.8 Å². The molecule has 0 spiro atoms. The van der Waals surface area contributed by atoms with Gasteiger partial charge in [-0.1, -0.05) is 23.5 Å². The summed E-state index contributed by atoms with van der Waals surface area (Å²) in [5, 5.41) is 22.5. The number of aryl methyl sites for hydroxylation is 1. The van der Waals surface area contributed by atoms with Gasteiger partial charge in [0, 0.05) is 6.04 Å². The highest BCUT2D eigenvalue weighted by Crippen LogP contribution is 2.12. The van der Waals surface area contributed by atoms with Gasteiger partial charge in [0.25, 0.3) is 0 Å². The summed E-state index contributed by atoms with van der Waals surface area (Å²) in [4.78, 5) is 11.7. The Labute approximate surface area is 120 Å². The number of aromatic nitrogens is 2. The standard InChI is InChI=1S/C13H16N4O2S/c1-9(2-3-10-4-6-11(18)7-5-10)15-12(19)16-13-17-14-8-20-13/h4-9,18H,2-3H2,1H3,(H2,15,16,17,19)/t9-/m1/s1. The van der Waals surface area contributed by atoms with E-state index in [4.69, 9.17) is 0 Å². The Hall–Kier alpha value is -2.15. The zero-order chi connectivity index (χ0) is 14.4. The lowest BCUT2D eigenvalue weighted by Gasteiger charge is -2.13. The molecule has 3 N–H and O–H groups in total. The molecule has 0 aliphatic rings. The van der Waals surface area contributed by atoms with Gasteiger partial charge >= 0.3 is 6.03 Å². The van der Waals surface area contributed by atoms with Gasteiger partial charge in [0.1, 0.15) is 11.3 Å². The molecule has 0 aliphatic carbocycles. The maximum absolute atomic E-state index is 11.7. The molecule has 0 radical (unpaired) electrons. The van der Waals surface area contributed by atoms with Gasteiger partial charge in [-0.3, -0.25) is 5.32 Å². The Bertz CT molecular complexity index is 542. The largest absolute Gasteiger partial charge is 0.508 e. The molecule has 106 valence electrons. The predicted octanol–water partition coefficient (Wildman–Crippen LogP) is 2.39. The summed E-state index contributed by atoms with van der Waals surface area (Å²) >= 11 is 1.27. The molecule has 6 nitrogen and oxygen atoms in total. The molecule has 2 rings (SSSR count). The average molecular weight is 292 g/mol. The van der Waals surface area contributed by atoms with E-state index in [2.05, 4.69) is 20.8 Å². The van der Waals surface area contributed by atoms with E-state index in [0.717, 1.165) is 18.4 Å². The number of hydrogen-bond donors (Lipinski definition) is 3. The van der Waals surface area contributed by atoms with Gasteiger partial charge in [0.05, 0.1) is 0 Å². The quantitative estimate of drug-likeness (QED) is 0.789. The fourth-order valence-electron chi connectivity index (χ4n) is 1.70. The molecular formula is C13H16N4O2S. The number of nitrogens with one attached hydrogen (secondary N) is 2. The van der Waals surface area contributed by atoms with Gasteiger partial charge in [-0.15, -0.1) is 10.2 Å². The molecule has 0 saturated heterocycles. The number of rotatable bonds is 5. The van der Waals surface area contributed by atoms with Crippen LogP contribution in [0.4, 0.5) is 9.93 Å². The Kier molecular flexibility index (Phi) is 4.89. The van der Waals surface area contributed by atoms with Gasteiger partial charge in [-0.2, -0.15) is 0 Å². The lowest BCUT2D eigenvalue weighted by Crippen LogP contribution is -2.36. The molecule has 1 atom stereocenters. The van der Waals surface area contributed by atoms with Crippen molar-refractivity contribution in [2.24, 2.45) is 0 Å². The van der Waals surface area contributed by atoms with E-state index in [0.29, 0.717) is 5.13 Å². The third kappa shape index (κ3) is 4.51. The molecule has 1 aromatic carbocycles. The molecule has 1 heterocycles. The number of aromatic hydroxyl groups is 1. The molecule has 20 heavy (non-hydrogen) atoms. The van der Waals surface area contributed by atoms with Gasteiger partial charge in [-0.25, -0.2) is 4.79 Å². The first kappa shape index (κ1) is 14.3. The molecule has 0 saturated carbocycles. The van der Waals surface area contributed by atoms with E-state index in [1.165, 1.54) is 11.3 Å². The molecule has 2 amide bonds. The van der Waals surface area contributed by atoms with E-state index < -0.39 is 0 Å². The van der Waals surface area contributed by atoms with Crippen molar-refractivity contribution in [2.45, 2.75) is 25.8 Å². The van der Waals surface area contributed by atoms with E-state index in [1.807, 2.05) is 19.1 Å². The highest BCUT2D eigenvalue weighted by atomic mass is 32.1. The fraction of sp³-hybridized carbons (Fsp3) is 0.308. The zero-order valence-corrected chi connectivity index (χ0v) is 11.9. The van der Waals surface area contributed by atoms with Crippen LogP contribution in [-0.2, 0) is 6.42 Å². The number of carbonyl (C=O) groups is 1. The van der Waals surface area contributed by atoms with Crippen molar-refractivity contribution in [3.63, 3.8) is 0 Å². The lowest BCUT2D eigenvalue weighted by atomic mass is 10.1. The Morgan fingerprint density at radius 1 is 1.40 bits per heavy atom. The van der Waals surface area contributed by atoms with Gasteiger partial charge in [0.15, 0.2) is 0 Å². The zero-order valence-electron chi connectivity index (χ0n) is 11.0. The van der Waals surface area contributed by atoms with Crippen LogP contribution in [0.2, 0.25) is 0 Å². The summed E-state index contributed by atoms with van der Waals surface area (Å²) < 4.78 is 0. The number of hydrogen-bond acceptors (Lipinski definition) is 5. The van der Waals surface area contributed by atoms with E-state index >= 15 is 0 Å². The van der Waals surface area contributed by atoms with Crippen molar-refractivity contribution in [3.8, 4) is 5.75 Å². The van der Waals surface area contributed by atoms with Gasteiger partial charge in [0.2, 0.25) is 5.13 Å². The summed E-state index contributed by atoms with van der Waals surface area (Å²) in [5.41, 5.74) is 2.69. The molecular weight excluding hydrogens is 276 g/mol. The van der Waals surface area contributed by atoms with Crippen LogP contribution in [0.15, 0.2) is 29.8 Å². The first-order chi connectivity index (χ1) is 9.63. The maximum Gasteiger partial charge on any atom is 0.321 e. The highest BCUT2D eigenvalue weighted by molar-refractivity contribution is 7.13. The Morgan fingerprint density at radius 2 is 2.15 bits per heavy atom. The van der Waals surface area contributed by atoms with Crippen molar-refractivity contribution in [3.05, 3.63) is 35.3 Å². The number of urea groups is 1. The van der Waals surface area contributed by atoms with Crippen molar-refractivity contribution >= 4 is 22.5 Å². The summed E-state index contributed by atoms with van der Waals surface area (Å²) in [6.45, 7) is 1.94. The number of anilines is 1. The Morgan fingerprint density at radius 3 is 2.80 bits per heavy atom. The molecule has 2 aromatic rings. The van der Waals surface area contributed by atoms with Crippen LogP contribution in [0.25, 0.3) is 0 Å². The molecule has 0 bridgehead atoms. The number of benzene rings is 1. The van der Waals surface area contributed by atoms with Crippen LogP contribution in [0.1, 0.15) is 18.9 Å². The second-order valence-electron chi connectivity index (χ2n) is 4.45. The minimum atomic E-state index is -0.278. The van der Waals surface area contributed by atoms with Gasteiger partial charge in [-0.05, 0) is 37.5 Å². The third-order valence-electron chi connectivity index (χ3n) is 2.76. The van der Waals surface area contributed by atoms with Crippen LogP contribution in [-0.4, -0.2) is 27.4 Å². The topological polar surface area (TPSA) is 87.1 Å². The predicted molar refractivity (Wildman–Crippen MR) is 78.0 cm³/mol. The summed E-state index contributed by atoms with van der Waals surface area (Å²) in [6, 6.07) is 6.84. The van der Waals surface area contributed by atoms with Crippen LogP contribution in [0, 0.1) is 0 Å². The number of phenolic OH excluding ortho intramolecular Hbond substituents is 1. The summed E-state index contributed by atoms with van der Waals surface area (Å²) in [7, 11) is 0. The van der Waals surface area contributed by atoms with Crippen molar-refractivity contribution in [1.29, 1.82) is 0 Å². The molecule has 1 aromatic heterocycles. The highest BCUT2D eigenvalue weighted by Gasteiger charge is 2.09. The normalized spacial score (nSPS) is 11.8. The first-order valence-electron chi connectivity index (χ1n) is 6.25. The maximum atomic E-state index is 11.7. The number of nitrogens with zero attached hydrogens (tertiary/aromatic N) is 2. The summed E-state index contributed by atoms with van der Waals surface area (Å²) in [5.74, 6) is 0.261. The fourth-order valence-corrected chi connectivity index (χ4v) is 2.14. The minimum absolute atomic E-state index is 0.0386. The van der Waals surface area contributed by atoms with Crippen LogP contribution < -0.4 is 10.6 Å². The van der Waals surface area contributed by atoms with Crippen LogP contribution in [0.5, 0.6) is 5.75 Å². The van der Waals surface area contributed by atoms with E-state index in [9.17, 15) is 9.90 Å². The monoisotopic (exact) mass is 292 g/mol. The molecule has 0 fully saturated rings. The van der Waals surface area contributed by atoms with Crippen LogP contribution >= 0.6 is 11.3 Å². The third-order valence-corrected chi connectivity index (χ3v) is 3.37. The molecule has 0 unspecified atom stereocenters. The second-order valence-corrected chi connectivity index (χ2v) is 5.28. The second kappa shape index (κ2) is 6.85.